The number of amides is 1. The van der Waals surface area contributed by atoms with E-state index in [1.807, 2.05) is 27.8 Å². The fourth-order valence-corrected chi connectivity index (χ4v) is 2.83. The number of imidazole rings is 2. The Labute approximate surface area is 151 Å². The highest BCUT2D eigenvalue weighted by atomic mass is 19.1. The summed E-state index contributed by atoms with van der Waals surface area (Å²) in [4.78, 5) is 22.8. The quantitative estimate of drug-likeness (QED) is 0.707. The highest BCUT2D eigenvalue weighted by molar-refractivity contribution is 5.92. The lowest BCUT2D eigenvalue weighted by Gasteiger charge is -2.26. The first-order chi connectivity index (χ1) is 12.4. The minimum Gasteiger partial charge on any atom is -0.340 e. The first-order valence-corrected chi connectivity index (χ1v) is 8.44. The molecule has 0 radical (unpaired) electrons. The second-order valence-electron chi connectivity index (χ2n) is 6.58. The molecule has 0 saturated heterocycles. The standard InChI is InChI=1S/C19H22FN5O/c1-13(2)25(19(26)17-11-23(4)12-22-17)10-15-5-6-16(20)18(9-15)24-8-7-21-14(24)3/h5-9,11-13H,10H2,1-4H3. The fourth-order valence-electron chi connectivity index (χ4n) is 2.83. The number of aromatic nitrogens is 4. The molecule has 0 atom stereocenters. The maximum atomic E-state index is 14.3. The third-order valence-corrected chi connectivity index (χ3v) is 4.26. The topological polar surface area (TPSA) is 56.0 Å². The van der Waals surface area contributed by atoms with Crippen LogP contribution in [-0.4, -0.2) is 36.0 Å². The molecule has 3 rings (SSSR count). The van der Waals surface area contributed by atoms with Crippen molar-refractivity contribution >= 4 is 5.91 Å². The Kier molecular flexibility index (Phi) is 4.88. The molecular formula is C19H22FN5O. The lowest BCUT2D eigenvalue weighted by molar-refractivity contribution is 0.0684. The molecule has 0 aliphatic carbocycles. The van der Waals surface area contributed by atoms with Crippen molar-refractivity contribution in [2.45, 2.75) is 33.4 Å². The number of carbonyl (C=O) groups excluding carboxylic acids is 1. The average molecular weight is 355 g/mol. The summed E-state index contributed by atoms with van der Waals surface area (Å²) in [5.41, 5.74) is 1.66. The summed E-state index contributed by atoms with van der Waals surface area (Å²) in [6, 6.07) is 4.86. The number of hydrogen-bond acceptors (Lipinski definition) is 3. The number of rotatable bonds is 5. The van der Waals surface area contributed by atoms with Crippen molar-refractivity contribution in [3.63, 3.8) is 0 Å². The molecule has 0 saturated carbocycles. The van der Waals surface area contributed by atoms with Crippen LogP contribution in [0.15, 0.2) is 43.1 Å². The molecule has 0 aliphatic heterocycles. The average Bonchev–Trinajstić information content (AvgIpc) is 3.21. The van der Waals surface area contributed by atoms with Gasteiger partial charge in [-0.1, -0.05) is 6.07 Å². The van der Waals surface area contributed by atoms with Crippen molar-refractivity contribution in [1.29, 1.82) is 0 Å². The maximum Gasteiger partial charge on any atom is 0.274 e. The van der Waals surface area contributed by atoms with E-state index < -0.39 is 0 Å². The predicted octanol–water partition coefficient (Wildman–Crippen LogP) is 3.10. The van der Waals surface area contributed by atoms with Gasteiger partial charge in [-0.05, 0) is 38.5 Å². The molecule has 1 aromatic carbocycles. The largest absolute Gasteiger partial charge is 0.340 e. The SMILES string of the molecule is Cc1nccn1-c1cc(CN(C(=O)c2cn(C)cn2)C(C)C)ccc1F. The van der Waals surface area contributed by atoms with Gasteiger partial charge < -0.3 is 14.0 Å². The Bertz CT molecular complexity index is 928. The molecule has 1 amide bonds. The van der Waals surface area contributed by atoms with Gasteiger partial charge in [-0.3, -0.25) is 4.79 Å². The second-order valence-corrected chi connectivity index (χ2v) is 6.58. The van der Waals surface area contributed by atoms with Gasteiger partial charge in [-0.2, -0.15) is 0 Å². The number of hydrogen-bond donors (Lipinski definition) is 0. The molecule has 6 nitrogen and oxygen atoms in total. The van der Waals surface area contributed by atoms with Gasteiger partial charge in [-0.25, -0.2) is 14.4 Å². The van der Waals surface area contributed by atoms with Crippen LogP contribution in [0, 0.1) is 12.7 Å². The predicted molar refractivity (Wildman–Crippen MR) is 96.5 cm³/mol. The number of nitrogens with zero attached hydrogens (tertiary/aromatic N) is 5. The normalized spacial score (nSPS) is 11.2. The molecule has 26 heavy (non-hydrogen) atoms. The third-order valence-electron chi connectivity index (χ3n) is 4.26. The van der Waals surface area contributed by atoms with Gasteiger partial charge in [0.05, 0.1) is 12.0 Å². The van der Waals surface area contributed by atoms with Crippen LogP contribution in [0.4, 0.5) is 4.39 Å². The van der Waals surface area contributed by atoms with E-state index in [1.165, 1.54) is 6.07 Å². The Hall–Kier alpha value is -2.96. The summed E-state index contributed by atoms with van der Waals surface area (Å²) in [5.74, 6) is 0.221. The molecular weight excluding hydrogens is 333 g/mol. The van der Waals surface area contributed by atoms with Gasteiger partial charge in [0.15, 0.2) is 0 Å². The summed E-state index contributed by atoms with van der Waals surface area (Å²) in [6.07, 6.45) is 6.65. The number of aryl methyl sites for hydroxylation is 2. The van der Waals surface area contributed by atoms with Crippen LogP contribution in [0.5, 0.6) is 0 Å². The van der Waals surface area contributed by atoms with E-state index in [0.717, 1.165) is 5.56 Å². The van der Waals surface area contributed by atoms with Crippen LogP contribution < -0.4 is 0 Å². The third kappa shape index (κ3) is 3.51. The van der Waals surface area contributed by atoms with E-state index in [-0.39, 0.29) is 17.8 Å². The Morgan fingerprint density at radius 2 is 2.08 bits per heavy atom. The van der Waals surface area contributed by atoms with Crippen LogP contribution in [0.1, 0.15) is 35.7 Å². The molecule has 0 N–H and O–H groups in total. The lowest BCUT2D eigenvalue weighted by Crippen LogP contribution is -2.36. The van der Waals surface area contributed by atoms with Crippen LogP contribution in [0.25, 0.3) is 5.69 Å². The van der Waals surface area contributed by atoms with Gasteiger partial charge in [0.1, 0.15) is 17.3 Å². The minimum atomic E-state index is -0.331. The van der Waals surface area contributed by atoms with Crippen LogP contribution in [0.3, 0.4) is 0 Å². The zero-order valence-corrected chi connectivity index (χ0v) is 15.3. The van der Waals surface area contributed by atoms with E-state index in [0.29, 0.717) is 23.8 Å². The van der Waals surface area contributed by atoms with Crippen molar-refractivity contribution in [3.05, 3.63) is 66.0 Å². The van der Waals surface area contributed by atoms with E-state index in [2.05, 4.69) is 9.97 Å². The smallest absolute Gasteiger partial charge is 0.274 e. The number of carbonyl (C=O) groups is 1. The summed E-state index contributed by atoms with van der Waals surface area (Å²) >= 11 is 0. The molecule has 0 fully saturated rings. The molecule has 0 unspecified atom stereocenters. The highest BCUT2D eigenvalue weighted by Crippen LogP contribution is 2.20. The van der Waals surface area contributed by atoms with Gasteiger partial charge >= 0.3 is 0 Å². The summed E-state index contributed by atoms with van der Waals surface area (Å²) in [6.45, 7) is 6.09. The Morgan fingerprint density at radius 1 is 1.31 bits per heavy atom. The zero-order valence-electron chi connectivity index (χ0n) is 15.3. The first-order valence-electron chi connectivity index (χ1n) is 8.44. The summed E-state index contributed by atoms with van der Waals surface area (Å²) in [7, 11) is 1.82. The van der Waals surface area contributed by atoms with E-state index in [9.17, 15) is 9.18 Å². The van der Waals surface area contributed by atoms with E-state index in [1.54, 1.807) is 51.1 Å². The van der Waals surface area contributed by atoms with Crippen molar-refractivity contribution in [3.8, 4) is 5.69 Å². The van der Waals surface area contributed by atoms with Gasteiger partial charge in [0.25, 0.3) is 5.91 Å². The summed E-state index contributed by atoms with van der Waals surface area (Å²) < 4.78 is 17.7. The lowest BCUT2D eigenvalue weighted by atomic mass is 10.1. The monoisotopic (exact) mass is 355 g/mol. The Balaban J connectivity index is 1.90. The molecule has 7 heteroatoms. The number of benzene rings is 1. The number of halogens is 1. The fraction of sp³-hybridized carbons (Fsp3) is 0.316. The molecule has 2 heterocycles. The van der Waals surface area contributed by atoms with Crippen molar-refractivity contribution < 1.29 is 9.18 Å². The molecule has 2 aromatic heterocycles. The van der Waals surface area contributed by atoms with Crippen LogP contribution >= 0.6 is 0 Å². The van der Waals surface area contributed by atoms with Crippen LogP contribution in [0.2, 0.25) is 0 Å². The van der Waals surface area contributed by atoms with Crippen molar-refractivity contribution in [1.82, 2.24) is 24.0 Å². The molecule has 0 aliphatic rings. The van der Waals surface area contributed by atoms with Gasteiger partial charge in [0, 0.05) is 38.2 Å². The van der Waals surface area contributed by atoms with Crippen molar-refractivity contribution in [2.75, 3.05) is 0 Å². The van der Waals surface area contributed by atoms with Gasteiger partial charge in [0.2, 0.25) is 0 Å². The first kappa shape index (κ1) is 17.8. The molecule has 0 spiro atoms. The van der Waals surface area contributed by atoms with Crippen molar-refractivity contribution in [2.24, 2.45) is 7.05 Å². The minimum absolute atomic E-state index is 0.0204. The van der Waals surface area contributed by atoms with E-state index >= 15 is 0 Å². The zero-order chi connectivity index (χ0) is 18.8. The molecule has 3 aromatic rings. The highest BCUT2D eigenvalue weighted by Gasteiger charge is 2.21. The Morgan fingerprint density at radius 3 is 2.65 bits per heavy atom. The second kappa shape index (κ2) is 7.11. The van der Waals surface area contributed by atoms with E-state index in [4.69, 9.17) is 0 Å². The molecule has 0 bridgehead atoms. The molecule has 136 valence electrons. The van der Waals surface area contributed by atoms with Gasteiger partial charge in [-0.15, -0.1) is 0 Å². The summed E-state index contributed by atoms with van der Waals surface area (Å²) in [5, 5.41) is 0. The van der Waals surface area contributed by atoms with Crippen LogP contribution in [-0.2, 0) is 13.6 Å². The maximum absolute atomic E-state index is 14.3.